The molecule has 7 heteroatoms. The fourth-order valence-corrected chi connectivity index (χ4v) is 3.25. The van der Waals surface area contributed by atoms with Crippen LogP contribution in [0, 0.1) is 18.2 Å². The maximum absolute atomic E-state index is 13.3. The highest BCUT2D eigenvalue weighted by atomic mass is 32.1. The van der Waals surface area contributed by atoms with Gasteiger partial charge < -0.3 is 14.4 Å². The van der Waals surface area contributed by atoms with Crippen LogP contribution in [0.25, 0.3) is 0 Å². The number of anilines is 1. The van der Waals surface area contributed by atoms with Gasteiger partial charge in [0.15, 0.2) is 5.01 Å². The Hall–Kier alpha value is -3.37. The largest absolute Gasteiger partial charge is 0.497 e. The maximum Gasteiger partial charge on any atom is 0.270 e. The second-order valence-electron chi connectivity index (χ2n) is 5.76. The molecule has 0 saturated carbocycles. The van der Waals surface area contributed by atoms with E-state index in [2.05, 4.69) is 10.9 Å². The first kappa shape index (κ1) is 19.4. The molecule has 0 spiro atoms. The normalized spacial score (nSPS) is 10.2. The molecular formula is C21H17FN2O3S. The van der Waals surface area contributed by atoms with Crippen molar-refractivity contribution in [1.82, 2.24) is 4.98 Å². The quantitative estimate of drug-likeness (QED) is 0.588. The molecule has 0 aliphatic rings. The molecule has 0 N–H and O–H groups in total. The van der Waals surface area contributed by atoms with E-state index >= 15 is 0 Å². The number of thiazole rings is 1. The molecule has 28 heavy (non-hydrogen) atoms. The number of hydrogen-bond acceptors (Lipinski definition) is 5. The molecule has 0 radical (unpaired) electrons. The zero-order valence-corrected chi connectivity index (χ0v) is 16.1. The third-order valence-electron chi connectivity index (χ3n) is 3.99. The van der Waals surface area contributed by atoms with Gasteiger partial charge in [-0.05, 0) is 23.6 Å². The molecule has 0 fully saturated rings. The molecule has 1 heterocycles. The molecule has 3 aromatic rings. The summed E-state index contributed by atoms with van der Waals surface area (Å²) in [6, 6.07) is 11.1. The SMILES string of the molecule is C#Cc1ncc(C(=O)N(Cc2ccc(F)cc2)c2cc(OC)cc(OC)c2)s1. The molecule has 2 aromatic carbocycles. The van der Waals surface area contributed by atoms with Gasteiger partial charge in [0.2, 0.25) is 0 Å². The molecule has 0 saturated heterocycles. The van der Waals surface area contributed by atoms with Crippen LogP contribution in [0.2, 0.25) is 0 Å². The summed E-state index contributed by atoms with van der Waals surface area (Å²) in [6.45, 7) is 0.221. The van der Waals surface area contributed by atoms with Gasteiger partial charge in [-0.3, -0.25) is 4.79 Å². The number of methoxy groups -OCH3 is 2. The molecule has 142 valence electrons. The van der Waals surface area contributed by atoms with Gasteiger partial charge in [0, 0.05) is 18.2 Å². The lowest BCUT2D eigenvalue weighted by Crippen LogP contribution is -2.30. The van der Waals surface area contributed by atoms with Gasteiger partial charge in [-0.25, -0.2) is 9.37 Å². The molecular weight excluding hydrogens is 379 g/mol. The van der Waals surface area contributed by atoms with Crippen molar-refractivity contribution in [2.75, 3.05) is 19.1 Å². The predicted molar refractivity (Wildman–Crippen MR) is 107 cm³/mol. The predicted octanol–water partition coefficient (Wildman–Crippen LogP) is 4.13. The number of aromatic nitrogens is 1. The van der Waals surface area contributed by atoms with E-state index in [1.54, 1.807) is 35.2 Å². The van der Waals surface area contributed by atoms with Crippen molar-refractivity contribution in [3.05, 3.63) is 69.9 Å². The Morgan fingerprint density at radius 1 is 1.18 bits per heavy atom. The summed E-state index contributed by atoms with van der Waals surface area (Å²) in [7, 11) is 3.07. The minimum absolute atomic E-state index is 0.221. The minimum atomic E-state index is -0.342. The van der Waals surface area contributed by atoms with E-state index in [4.69, 9.17) is 15.9 Å². The first-order valence-electron chi connectivity index (χ1n) is 8.26. The third-order valence-corrected chi connectivity index (χ3v) is 4.90. The number of rotatable bonds is 6. The topological polar surface area (TPSA) is 51.7 Å². The van der Waals surface area contributed by atoms with Crippen LogP contribution in [0.5, 0.6) is 11.5 Å². The number of ether oxygens (including phenoxy) is 2. The van der Waals surface area contributed by atoms with Crippen LogP contribution in [0.4, 0.5) is 10.1 Å². The Morgan fingerprint density at radius 3 is 2.36 bits per heavy atom. The second kappa shape index (κ2) is 8.55. The monoisotopic (exact) mass is 396 g/mol. The number of amides is 1. The number of terminal acetylenes is 1. The standard InChI is InChI=1S/C21H17FN2O3S/c1-4-20-23-12-19(28-20)21(25)24(13-14-5-7-15(22)8-6-14)16-9-17(26-2)11-18(10-16)27-3/h1,5-12H,13H2,2-3H3. The first-order chi connectivity index (χ1) is 13.5. The van der Waals surface area contributed by atoms with Gasteiger partial charge in [0.1, 0.15) is 22.2 Å². The Balaban J connectivity index is 2.04. The summed E-state index contributed by atoms with van der Waals surface area (Å²) in [5.74, 6) is 2.89. The fourth-order valence-electron chi connectivity index (χ4n) is 2.57. The Morgan fingerprint density at radius 2 is 1.82 bits per heavy atom. The Kier molecular flexibility index (Phi) is 5.92. The number of benzene rings is 2. The van der Waals surface area contributed by atoms with Crippen molar-refractivity contribution in [2.45, 2.75) is 6.54 Å². The molecule has 0 unspecified atom stereocenters. The molecule has 0 bridgehead atoms. The second-order valence-corrected chi connectivity index (χ2v) is 6.79. The van der Waals surface area contributed by atoms with E-state index in [0.29, 0.717) is 27.1 Å². The lowest BCUT2D eigenvalue weighted by Gasteiger charge is -2.23. The fraction of sp³-hybridized carbons (Fsp3) is 0.143. The molecule has 5 nitrogen and oxygen atoms in total. The molecule has 0 atom stereocenters. The summed E-state index contributed by atoms with van der Waals surface area (Å²) >= 11 is 1.14. The van der Waals surface area contributed by atoms with E-state index in [-0.39, 0.29) is 18.3 Å². The summed E-state index contributed by atoms with van der Waals surface area (Å²) in [6.07, 6.45) is 6.82. The van der Waals surface area contributed by atoms with E-state index < -0.39 is 0 Å². The van der Waals surface area contributed by atoms with Gasteiger partial charge in [-0.2, -0.15) is 0 Å². The van der Waals surface area contributed by atoms with Crippen molar-refractivity contribution in [3.63, 3.8) is 0 Å². The van der Waals surface area contributed by atoms with E-state index in [0.717, 1.165) is 16.9 Å². The zero-order valence-electron chi connectivity index (χ0n) is 15.3. The Labute approximate surface area is 166 Å². The molecule has 3 rings (SSSR count). The molecule has 1 aromatic heterocycles. The summed E-state index contributed by atoms with van der Waals surface area (Å²) in [5, 5.41) is 0.424. The van der Waals surface area contributed by atoms with Gasteiger partial charge >= 0.3 is 0 Å². The van der Waals surface area contributed by atoms with Crippen molar-refractivity contribution < 1.29 is 18.7 Å². The number of carbonyl (C=O) groups excluding carboxylic acids is 1. The van der Waals surface area contributed by atoms with Crippen molar-refractivity contribution in [1.29, 1.82) is 0 Å². The number of carbonyl (C=O) groups is 1. The van der Waals surface area contributed by atoms with Crippen LogP contribution in [0.1, 0.15) is 20.2 Å². The van der Waals surface area contributed by atoms with E-state index in [1.165, 1.54) is 32.5 Å². The minimum Gasteiger partial charge on any atom is -0.497 e. The highest BCUT2D eigenvalue weighted by molar-refractivity contribution is 7.14. The average Bonchev–Trinajstić information content (AvgIpc) is 3.21. The van der Waals surface area contributed by atoms with Crippen LogP contribution in [-0.4, -0.2) is 25.1 Å². The van der Waals surface area contributed by atoms with Gasteiger partial charge in [0.05, 0.1) is 32.6 Å². The summed E-state index contributed by atoms with van der Waals surface area (Å²) < 4.78 is 23.9. The smallest absolute Gasteiger partial charge is 0.270 e. The van der Waals surface area contributed by atoms with Crippen LogP contribution in [-0.2, 0) is 6.54 Å². The molecule has 0 aliphatic heterocycles. The van der Waals surface area contributed by atoms with Crippen LogP contribution in [0.3, 0.4) is 0 Å². The highest BCUT2D eigenvalue weighted by Gasteiger charge is 2.22. The molecule has 1 amide bonds. The maximum atomic E-state index is 13.3. The van der Waals surface area contributed by atoms with Crippen molar-refractivity contribution in [3.8, 4) is 23.8 Å². The summed E-state index contributed by atoms with van der Waals surface area (Å²) in [5.41, 5.74) is 1.33. The first-order valence-corrected chi connectivity index (χ1v) is 9.07. The van der Waals surface area contributed by atoms with Crippen LogP contribution >= 0.6 is 11.3 Å². The number of nitrogens with zero attached hydrogens (tertiary/aromatic N) is 2. The average molecular weight is 396 g/mol. The molecule has 0 aliphatic carbocycles. The number of hydrogen-bond donors (Lipinski definition) is 0. The Bertz CT molecular complexity index is 1000. The lowest BCUT2D eigenvalue weighted by molar-refractivity contribution is 0.0989. The van der Waals surface area contributed by atoms with E-state index in [1.807, 2.05) is 0 Å². The van der Waals surface area contributed by atoms with E-state index in [9.17, 15) is 9.18 Å². The zero-order chi connectivity index (χ0) is 20.1. The summed E-state index contributed by atoms with van der Waals surface area (Å²) in [4.78, 5) is 19.2. The van der Waals surface area contributed by atoms with Gasteiger partial charge in [-0.15, -0.1) is 17.8 Å². The van der Waals surface area contributed by atoms with Crippen LogP contribution < -0.4 is 14.4 Å². The van der Waals surface area contributed by atoms with Gasteiger partial charge in [-0.1, -0.05) is 12.1 Å². The van der Waals surface area contributed by atoms with Crippen molar-refractivity contribution in [2.24, 2.45) is 0 Å². The lowest BCUT2D eigenvalue weighted by atomic mass is 10.1. The third kappa shape index (κ3) is 4.30. The van der Waals surface area contributed by atoms with Crippen LogP contribution in [0.15, 0.2) is 48.7 Å². The van der Waals surface area contributed by atoms with Crippen molar-refractivity contribution >= 4 is 22.9 Å². The highest BCUT2D eigenvalue weighted by Crippen LogP contribution is 2.31. The van der Waals surface area contributed by atoms with Gasteiger partial charge in [0.25, 0.3) is 5.91 Å². The number of halogens is 1.